The number of nitrogens with zero attached hydrogens (tertiary/aromatic N) is 1. The molecule has 2 aromatic rings. The van der Waals surface area contributed by atoms with Crippen molar-refractivity contribution >= 4 is 15.7 Å². The average molecular weight is 421 g/mol. The van der Waals surface area contributed by atoms with Gasteiger partial charge in [-0.15, -0.1) is 0 Å². The monoisotopic (exact) mass is 420 g/mol. The third-order valence-corrected chi connectivity index (χ3v) is 6.76. The van der Waals surface area contributed by atoms with Gasteiger partial charge >= 0.3 is 0 Å². The van der Waals surface area contributed by atoms with E-state index < -0.39 is 21.0 Å². The van der Waals surface area contributed by atoms with Gasteiger partial charge in [0.15, 0.2) is 9.84 Å². The molecule has 158 valence electrons. The van der Waals surface area contributed by atoms with Gasteiger partial charge in [-0.3, -0.25) is 10.0 Å². The minimum absolute atomic E-state index is 0.0164. The number of nitrogens with two attached hydrogens (primary N) is 1. The van der Waals surface area contributed by atoms with Crippen molar-refractivity contribution < 1.29 is 23.2 Å². The predicted molar refractivity (Wildman–Crippen MR) is 110 cm³/mol. The van der Waals surface area contributed by atoms with Crippen LogP contribution in [0.25, 0.3) is 0 Å². The Morgan fingerprint density at radius 3 is 2.07 bits per heavy atom. The van der Waals surface area contributed by atoms with Gasteiger partial charge in [0, 0.05) is 0 Å². The molecule has 0 aromatic heterocycles. The molecule has 0 saturated heterocycles. The molecule has 7 nitrogen and oxygen atoms in total. The number of amides is 1. The van der Waals surface area contributed by atoms with Crippen molar-refractivity contribution in [2.75, 3.05) is 7.11 Å². The maximum Gasteiger partial charge on any atom is 0.279 e. The van der Waals surface area contributed by atoms with Crippen molar-refractivity contribution in [1.82, 2.24) is 5.17 Å². The van der Waals surface area contributed by atoms with Gasteiger partial charge < -0.3 is 4.74 Å². The molecule has 0 fully saturated rings. The molecular weight excluding hydrogens is 392 g/mol. The van der Waals surface area contributed by atoms with Crippen LogP contribution < -0.4 is 10.6 Å². The molecule has 8 heteroatoms. The molecule has 3 N–H and O–H groups in total. The number of ether oxygens (including phenoxy) is 1. The van der Waals surface area contributed by atoms with Crippen molar-refractivity contribution in [1.29, 1.82) is 0 Å². The maximum atomic E-state index is 12.6. The fraction of sp³-hybridized carbons (Fsp3) is 0.381. The smallest absolute Gasteiger partial charge is 0.279 e. The summed E-state index contributed by atoms with van der Waals surface area (Å²) in [7, 11) is -2.48. The number of benzene rings is 2. The van der Waals surface area contributed by atoms with E-state index in [0.29, 0.717) is 12.2 Å². The fourth-order valence-electron chi connectivity index (χ4n) is 2.81. The number of hydroxylamine groups is 1. The summed E-state index contributed by atoms with van der Waals surface area (Å²) in [6, 6.07) is 14.2. The summed E-state index contributed by atoms with van der Waals surface area (Å²) >= 11 is 0. The molecule has 29 heavy (non-hydrogen) atoms. The van der Waals surface area contributed by atoms with Gasteiger partial charge in [0.2, 0.25) is 0 Å². The standard InChI is InChI=1S/C14H22N2O5S.C7H6/c1-10(2)4-9-13(14(17)16(15)18)22(19,20)12-7-5-11(21-3)6-8-12;1-2-4-7-5-6(7)3-1/h5-8,10,13,18H,4,9,15H2,1-3H3;1-4H,5H2. The number of fused-ring (bicyclic) bond motifs is 1. The normalized spacial score (nSPS) is 13.0. The van der Waals surface area contributed by atoms with Crippen LogP contribution in [0.4, 0.5) is 0 Å². The number of hydrogen-bond acceptors (Lipinski definition) is 6. The molecule has 0 spiro atoms. The van der Waals surface area contributed by atoms with Crippen molar-refractivity contribution in [3.63, 3.8) is 0 Å². The summed E-state index contributed by atoms with van der Waals surface area (Å²) < 4.78 is 30.2. The number of methoxy groups -OCH3 is 1. The van der Waals surface area contributed by atoms with Crippen molar-refractivity contribution in [3.05, 3.63) is 59.7 Å². The lowest BCUT2D eigenvalue weighted by atomic mass is 10.1. The quantitative estimate of drug-likeness (QED) is 0.263. The summed E-state index contributed by atoms with van der Waals surface area (Å²) in [5.74, 6) is 4.69. The van der Waals surface area contributed by atoms with E-state index in [1.165, 1.54) is 48.9 Å². The van der Waals surface area contributed by atoms with Crippen LogP contribution in [0.2, 0.25) is 0 Å². The number of hydrogen-bond donors (Lipinski definition) is 2. The maximum absolute atomic E-state index is 12.6. The second-order valence-electron chi connectivity index (χ2n) is 7.31. The average Bonchev–Trinajstić information content (AvgIpc) is 3.48. The number of sulfone groups is 1. The van der Waals surface area contributed by atoms with E-state index in [0.717, 1.165) is 0 Å². The Morgan fingerprint density at radius 1 is 1.10 bits per heavy atom. The van der Waals surface area contributed by atoms with E-state index in [1.54, 1.807) is 0 Å². The van der Waals surface area contributed by atoms with E-state index in [-0.39, 0.29) is 22.4 Å². The number of carbonyl (C=O) groups is 1. The highest BCUT2D eigenvalue weighted by Crippen LogP contribution is 2.26. The molecule has 1 amide bonds. The second kappa shape index (κ2) is 9.87. The van der Waals surface area contributed by atoms with Crippen molar-refractivity contribution in [2.24, 2.45) is 11.8 Å². The van der Waals surface area contributed by atoms with Crippen LogP contribution >= 0.6 is 0 Å². The summed E-state index contributed by atoms with van der Waals surface area (Å²) in [5, 5.41) is 7.55. The first-order valence-corrected chi connectivity index (χ1v) is 10.9. The summed E-state index contributed by atoms with van der Waals surface area (Å²) in [5.41, 5.74) is 3.06. The molecule has 1 aliphatic rings. The molecule has 0 radical (unpaired) electrons. The molecule has 0 saturated carbocycles. The first-order valence-electron chi connectivity index (χ1n) is 9.39. The van der Waals surface area contributed by atoms with Crippen molar-refractivity contribution in [2.45, 2.75) is 43.3 Å². The van der Waals surface area contributed by atoms with E-state index in [2.05, 4.69) is 24.3 Å². The lowest BCUT2D eigenvalue weighted by Gasteiger charge is -2.20. The van der Waals surface area contributed by atoms with Gasteiger partial charge in [0.25, 0.3) is 5.91 Å². The topological polar surface area (TPSA) is 110 Å². The van der Waals surface area contributed by atoms with Crippen molar-refractivity contribution in [3.8, 4) is 5.75 Å². The first kappa shape index (κ1) is 22.9. The number of hydrazine groups is 1. The summed E-state index contributed by atoms with van der Waals surface area (Å²) in [6.45, 7) is 3.83. The molecular formula is C21H28N2O5S. The third-order valence-electron chi connectivity index (χ3n) is 4.64. The molecule has 0 heterocycles. The Kier molecular flexibility index (Phi) is 7.78. The first-order chi connectivity index (χ1) is 13.7. The minimum Gasteiger partial charge on any atom is -0.497 e. The lowest BCUT2D eigenvalue weighted by molar-refractivity contribution is -0.166. The summed E-state index contributed by atoms with van der Waals surface area (Å²) in [6.07, 6.45) is 1.84. The highest BCUT2D eigenvalue weighted by Gasteiger charge is 2.36. The van der Waals surface area contributed by atoms with Crippen LogP contribution in [0.15, 0.2) is 53.4 Å². The van der Waals surface area contributed by atoms with Crippen LogP contribution in [0.5, 0.6) is 5.75 Å². The Balaban J connectivity index is 0.000000351. The Bertz CT molecular complexity index is 903. The summed E-state index contributed by atoms with van der Waals surface area (Å²) in [4.78, 5) is 11.9. The molecule has 1 aliphatic carbocycles. The van der Waals surface area contributed by atoms with Gasteiger partial charge in [-0.25, -0.2) is 14.3 Å². The van der Waals surface area contributed by atoms with E-state index >= 15 is 0 Å². The number of carbonyl (C=O) groups excluding carboxylic acids is 1. The SMILES string of the molecule is COc1ccc(S(=O)(=O)C(CCC(C)C)C(=O)N(N)O)cc1.c1ccc2c(c1)C2. The highest BCUT2D eigenvalue weighted by atomic mass is 32.2. The van der Waals surface area contributed by atoms with Crippen LogP contribution in [-0.2, 0) is 21.1 Å². The predicted octanol–water partition coefficient (Wildman–Crippen LogP) is 2.96. The lowest BCUT2D eigenvalue weighted by Crippen LogP contribution is -2.45. The highest BCUT2D eigenvalue weighted by molar-refractivity contribution is 7.92. The van der Waals surface area contributed by atoms with E-state index in [9.17, 15) is 13.2 Å². The van der Waals surface area contributed by atoms with Crippen LogP contribution in [0.1, 0.15) is 37.8 Å². The molecule has 3 rings (SSSR count). The zero-order valence-electron chi connectivity index (χ0n) is 16.9. The zero-order valence-corrected chi connectivity index (χ0v) is 17.7. The third kappa shape index (κ3) is 6.28. The zero-order chi connectivity index (χ0) is 21.6. The molecule has 0 aliphatic heterocycles. The molecule has 2 aromatic carbocycles. The molecule has 1 atom stereocenters. The largest absolute Gasteiger partial charge is 0.497 e. The van der Waals surface area contributed by atoms with Gasteiger partial charge in [-0.2, -0.15) is 5.17 Å². The second-order valence-corrected chi connectivity index (χ2v) is 9.44. The van der Waals surface area contributed by atoms with Gasteiger partial charge in [-0.05, 0) is 60.6 Å². The Labute approximate surface area is 171 Å². The van der Waals surface area contributed by atoms with E-state index in [4.69, 9.17) is 15.8 Å². The van der Waals surface area contributed by atoms with Crippen LogP contribution in [0, 0.1) is 5.92 Å². The van der Waals surface area contributed by atoms with Gasteiger partial charge in [0.05, 0.1) is 12.0 Å². The molecule has 1 unspecified atom stereocenters. The van der Waals surface area contributed by atoms with Crippen LogP contribution in [0.3, 0.4) is 0 Å². The fourth-order valence-corrected chi connectivity index (χ4v) is 4.47. The Morgan fingerprint density at radius 2 is 1.66 bits per heavy atom. The van der Waals surface area contributed by atoms with Gasteiger partial charge in [-0.1, -0.05) is 38.1 Å². The molecule has 0 bridgehead atoms. The number of rotatable bonds is 7. The minimum atomic E-state index is -3.95. The van der Waals surface area contributed by atoms with E-state index in [1.807, 2.05) is 13.8 Å². The Hall–Kier alpha value is -2.42. The van der Waals surface area contributed by atoms with Gasteiger partial charge in [0.1, 0.15) is 11.0 Å². The van der Waals surface area contributed by atoms with Crippen LogP contribution in [-0.4, -0.2) is 37.1 Å².